The van der Waals surface area contributed by atoms with E-state index in [9.17, 15) is 9.50 Å². The van der Waals surface area contributed by atoms with Gasteiger partial charge in [-0.3, -0.25) is 0 Å². The molecule has 0 radical (unpaired) electrons. The van der Waals surface area contributed by atoms with Crippen molar-refractivity contribution in [3.8, 4) is 5.75 Å². The van der Waals surface area contributed by atoms with Gasteiger partial charge in [-0.2, -0.15) is 0 Å². The van der Waals surface area contributed by atoms with Crippen LogP contribution in [0.5, 0.6) is 5.75 Å². The molecular formula is C13H14FNO2. The third-order valence-corrected chi connectivity index (χ3v) is 2.75. The summed E-state index contributed by atoms with van der Waals surface area (Å²) in [4.78, 5) is 0. The van der Waals surface area contributed by atoms with Crippen molar-refractivity contribution in [3.63, 3.8) is 0 Å². The number of halogens is 1. The van der Waals surface area contributed by atoms with Gasteiger partial charge in [0.2, 0.25) is 0 Å². The SMILES string of the molecule is COc1ccc(F)cc1C(O)c1cccn1C. The Hall–Kier alpha value is -1.81. The highest BCUT2D eigenvalue weighted by Gasteiger charge is 2.18. The molecule has 0 bridgehead atoms. The average molecular weight is 235 g/mol. The summed E-state index contributed by atoms with van der Waals surface area (Å²) in [7, 11) is 3.32. The number of ether oxygens (including phenoxy) is 1. The van der Waals surface area contributed by atoms with Crippen molar-refractivity contribution in [2.24, 2.45) is 7.05 Å². The molecule has 1 heterocycles. The molecule has 1 unspecified atom stereocenters. The maximum atomic E-state index is 13.2. The van der Waals surface area contributed by atoms with E-state index in [1.807, 2.05) is 19.3 Å². The fourth-order valence-corrected chi connectivity index (χ4v) is 1.84. The molecule has 1 aromatic heterocycles. The summed E-state index contributed by atoms with van der Waals surface area (Å²) in [5.41, 5.74) is 1.11. The van der Waals surface area contributed by atoms with E-state index in [-0.39, 0.29) is 0 Å². The number of benzene rings is 1. The van der Waals surface area contributed by atoms with E-state index in [0.29, 0.717) is 17.0 Å². The van der Waals surface area contributed by atoms with E-state index in [1.54, 1.807) is 10.6 Å². The maximum absolute atomic E-state index is 13.2. The quantitative estimate of drug-likeness (QED) is 0.885. The van der Waals surface area contributed by atoms with Gasteiger partial charge in [-0.05, 0) is 30.3 Å². The van der Waals surface area contributed by atoms with Gasteiger partial charge < -0.3 is 14.4 Å². The molecule has 1 atom stereocenters. The van der Waals surface area contributed by atoms with Crippen molar-refractivity contribution in [1.29, 1.82) is 0 Å². The normalized spacial score (nSPS) is 12.5. The smallest absolute Gasteiger partial charge is 0.125 e. The highest BCUT2D eigenvalue weighted by Crippen LogP contribution is 2.30. The van der Waals surface area contributed by atoms with E-state index in [1.165, 1.54) is 25.3 Å². The highest BCUT2D eigenvalue weighted by atomic mass is 19.1. The van der Waals surface area contributed by atoms with Crippen LogP contribution in [0.1, 0.15) is 17.4 Å². The number of aromatic nitrogens is 1. The molecule has 0 amide bonds. The lowest BCUT2D eigenvalue weighted by molar-refractivity contribution is 0.205. The number of aryl methyl sites for hydroxylation is 1. The summed E-state index contributed by atoms with van der Waals surface area (Å²) >= 11 is 0. The van der Waals surface area contributed by atoms with Crippen LogP contribution in [0, 0.1) is 5.82 Å². The first-order chi connectivity index (χ1) is 8.13. The largest absolute Gasteiger partial charge is 0.496 e. The Morgan fingerprint density at radius 1 is 1.35 bits per heavy atom. The molecule has 2 rings (SSSR count). The molecule has 0 spiro atoms. The first kappa shape index (κ1) is 11.7. The van der Waals surface area contributed by atoms with E-state index in [2.05, 4.69) is 0 Å². The van der Waals surface area contributed by atoms with E-state index in [0.717, 1.165) is 0 Å². The zero-order chi connectivity index (χ0) is 12.4. The minimum atomic E-state index is -0.902. The Labute approximate surface area is 99.1 Å². The number of rotatable bonds is 3. The van der Waals surface area contributed by atoms with E-state index in [4.69, 9.17) is 4.74 Å². The van der Waals surface area contributed by atoms with Gasteiger partial charge in [0.05, 0.1) is 12.8 Å². The van der Waals surface area contributed by atoms with Gasteiger partial charge in [0.1, 0.15) is 17.7 Å². The van der Waals surface area contributed by atoms with Gasteiger partial charge >= 0.3 is 0 Å². The van der Waals surface area contributed by atoms with Crippen molar-refractivity contribution >= 4 is 0 Å². The second-order valence-corrected chi connectivity index (χ2v) is 3.83. The summed E-state index contributed by atoms with van der Waals surface area (Å²) in [5, 5.41) is 10.2. The molecular weight excluding hydrogens is 221 g/mol. The average Bonchev–Trinajstić information content (AvgIpc) is 2.74. The molecule has 3 nitrogen and oxygen atoms in total. The Bertz CT molecular complexity index is 522. The molecule has 0 fully saturated rings. The molecule has 0 aliphatic carbocycles. The van der Waals surface area contributed by atoms with E-state index < -0.39 is 11.9 Å². The zero-order valence-corrected chi connectivity index (χ0v) is 9.72. The standard InChI is InChI=1S/C13H14FNO2/c1-15-7-3-4-11(15)13(16)10-8-9(14)5-6-12(10)17-2/h3-8,13,16H,1-2H3. The summed E-state index contributed by atoms with van der Waals surface area (Å²) < 4.78 is 20.1. The van der Waals surface area contributed by atoms with Gasteiger partial charge in [0.15, 0.2) is 0 Å². The molecule has 1 N–H and O–H groups in total. The second-order valence-electron chi connectivity index (χ2n) is 3.83. The number of hydrogen-bond acceptors (Lipinski definition) is 2. The predicted molar refractivity (Wildman–Crippen MR) is 62.4 cm³/mol. The van der Waals surface area contributed by atoms with Crippen molar-refractivity contribution in [1.82, 2.24) is 4.57 Å². The van der Waals surface area contributed by atoms with Crippen molar-refractivity contribution in [2.45, 2.75) is 6.10 Å². The zero-order valence-electron chi connectivity index (χ0n) is 9.72. The van der Waals surface area contributed by atoms with Crippen molar-refractivity contribution < 1.29 is 14.2 Å². The Balaban J connectivity index is 2.46. The molecule has 0 aliphatic heterocycles. The van der Waals surface area contributed by atoms with Crippen LogP contribution in [0.25, 0.3) is 0 Å². The van der Waals surface area contributed by atoms with E-state index >= 15 is 0 Å². The van der Waals surface area contributed by atoms with Crippen LogP contribution in [0.15, 0.2) is 36.5 Å². The summed E-state index contributed by atoms with van der Waals surface area (Å²) in [6, 6.07) is 7.71. The van der Waals surface area contributed by atoms with Crippen molar-refractivity contribution in [3.05, 3.63) is 53.6 Å². The predicted octanol–water partition coefficient (Wildman–Crippen LogP) is 2.25. The van der Waals surface area contributed by atoms with Crippen molar-refractivity contribution in [2.75, 3.05) is 7.11 Å². The molecule has 1 aromatic carbocycles. The third kappa shape index (κ3) is 2.17. The molecule has 0 aliphatic rings. The topological polar surface area (TPSA) is 34.4 Å². The van der Waals surface area contributed by atoms with Gasteiger partial charge in [0, 0.05) is 18.8 Å². The van der Waals surface area contributed by atoms with Crippen LogP contribution in [0.3, 0.4) is 0 Å². The number of aliphatic hydroxyl groups is 1. The first-order valence-electron chi connectivity index (χ1n) is 5.26. The van der Waals surface area contributed by atoms with Gasteiger partial charge in [0.25, 0.3) is 0 Å². The first-order valence-corrected chi connectivity index (χ1v) is 5.26. The third-order valence-electron chi connectivity index (χ3n) is 2.75. The van der Waals surface area contributed by atoms with Gasteiger partial charge in [-0.1, -0.05) is 0 Å². The lowest BCUT2D eigenvalue weighted by atomic mass is 10.1. The van der Waals surface area contributed by atoms with Crippen LogP contribution >= 0.6 is 0 Å². The van der Waals surface area contributed by atoms with Gasteiger partial charge in [-0.25, -0.2) is 4.39 Å². The number of nitrogens with zero attached hydrogens (tertiary/aromatic N) is 1. The minimum absolute atomic E-state index is 0.394. The molecule has 0 saturated carbocycles. The number of methoxy groups -OCH3 is 1. The fraction of sp³-hybridized carbons (Fsp3) is 0.231. The highest BCUT2D eigenvalue weighted by molar-refractivity contribution is 5.39. The second kappa shape index (κ2) is 4.59. The summed E-state index contributed by atoms with van der Waals surface area (Å²) in [6.45, 7) is 0. The number of aliphatic hydroxyl groups excluding tert-OH is 1. The molecule has 90 valence electrons. The molecule has 4 heteroatoms. The van der Waals surface area contributed by atoms with Gasteiger partial charge in [-0.15, -0.1) is 0 Å². The lowest BCUT2D eigenvalue weighted by Crippen LogP contribution is -2.07. The fourth-order valence-electron chi connectivity index (χ4n) is 1.84. The molecule has 0 saturated heterocycles. The monoisotopic (exact) mass is 235 g/mol. The Morgan fingerprint density at radius 2 is 2.12 bits per heavy atom. The maximum Gasteiger partial charge on any atom is 0.125 e. The Kier molecular flexibility index (Phi) is 3.15. The van der Waals surface area contributed by atoms with Crippen LogP contribution in [0.2, 0.25) is 0 Å². The summed E-state index contributed by atoms with van der Waals surface area (Å²) in [5.74, 6) is 0.0779. The van der Waals surface area contributed by atoms with Crippen LogP contribution < -0.4 is 4.74 Å². The number of hydrogen-bond donors (Lipinski definition) is 1. The van der Waals surface area contributed by atoms with Crippen LogP contribution in [-0.4, -0.2) is 16.8 Å². The Morgan fingerprint density at radius 3 is 2.71 bits per heavy atom. The van der Waals surface area contributed by atoms with Crippen LogP contribution in [-0.2, 0) is 7.05 Å². The van der Waals surface area contributed by atoms with Crippen LogP contribution in [0.4, 0.5) is 4.39 Å². The minimum Gasteiger partial charge on any atom is -0.496 e. The molecule has 17 heavy (non-hydrogen) atoms. The lowest BCUT2D eigenvalue weighted by Gasteiger charge is -2.15. The molecule has 2 aromatic rings. The summed E-state index contributed by atoms with van der Waals surface area (Å²) in [6.07, 6.45) is 0.922.